The molecule has 1 fully saturated rings. The standard InChI is InChI=1S/C9H14N4O2S/c1-6-7(8(14)12-10)16-9(11-6)13-2-4-15-5-3-13/h2-5,10H2,1H3,(H,12,14). The van der Waals surface area contributed by atoms with Gasteiger partial charge >= 0.3 is 0 Å². The summed E-state index contributed by atoms with van der Waals surface area (Å²) in [4.78, 5) is 18.5. The van der Waals surface area contributed by atoms with Gasteiger partial charge in [-0.2, -0.15) is 0 Å². The highest BCUT2D eigenvalue weighted by molar-refractivity contribution is 7.17. The Bertz CT molecular complexity index is 387. The van der Waals surface area contributed by atoms with Crippen LogP contribution in [-0.2, 0) is 4.74 Å². The summed E-state index contributed by atoms with van der Waals surface area (Å²) in [6, 6.07) is 0. The third-order valence-corrected chi connectivity index (χ3v) is 3.62. The van der Waals surface area contributed by atoms with Crippen molar-refractivity contribution in [3.63, 3.8) is 0 Å². The molecule has 1 aromatic heterocycles. The number of rotatable bonds is 2. The van der Waals surface area contributed by atoms with Gasteiger partial charge in [0, 0.05) is 13.1 Å². The van der Waals surface area contributed by atoms with E-state index in [0.717, 1.165) is 23.9 Å². The Morgan fingerprint density at radius 1 is 1.56 bits per heavy atom. The van der Waals surface area contributed by atoms with Gasteiger partial charge in [0.1, 0.15) is 4.88 Å². The number of nitrogens with two attached hydrogens (primary N) is 1. The molecule has 3 N–H and O–H groups in total. The highest BCUT2D eigenvalue weighted by Crippen LogP contribution is 2.26. The maximum absolute atomic E-state index is 11.4. The number of amides is 1. The van der Waals surface area contributed by atoms with E-state index >= 15 is 0 Å². The predicted molar refractivity (Wildman–Crippen MR) is 61.5 cm³/mol. The van der Waals surface area contributed by atoms with Crippen LogP contribution in [0.2, 0.25) is 0 Å². The molecule has 2 rings (SSSR count). The lowest BCUT2D eigenvalue weighted by Crippen LogP contribution is -2.36. The Kier molecular flexibility index (Phi) is 3.37. The fourth-order valence-electron chi connectivity index (χ4n) is 1.55. The molecule has 16 heavy (non-hydrogen) atoms. The number of nitrogens with zero attached hydrogens (tertiary/aromatic N) is 2. The number of nitrogen functional groups attached to an aromatic ring is 1. The number of thiazole rings is 1. The normalized spacial score (nSPS) is 16.2. The minimum Gasteiger partial charge on any atom is -0.378 e. The maximum Gasteiger partial charge on any atom is 0.277 e. The monoisotopic (exact) mass is 242 g/mol. The molecule has 1 aliphatic heterocycles. The number of hydrogen-bond donors (Lipinski definition) is 2. The Morgan fingerprint density at radius 2 is 2.25 bits per heavy atom. The molecule has 7 heteroatoms. The predicted octanol–water partition coefficient (Wildman–Crippen LogP) is -0.108. The Balaban J connectivity index is 2.19. The van der Waals surface area contributed by atoms with Crippen molar-refractivity contribution in [2.24, 2.45) is 5.84 Å². The molecule has 2 heterocycles. The van der Waals surface area contributed by atoms with Crippen LogP contribution in [0.25, 0.3) is 0 Å². The van der Waals surface area contributed by atoms with Crippen LogP contribution in [0.4, 0.5) is 5.13 Å². The molecule has 0 aromatic carbocycles. The number of carbonyl (C=O) groups excluding carboxylic acids is 1. The van der Waals surface area contributed by atoms with Gasteiger partial charge in [0.15, 0.2) is 5.13 Å². The van der Waals surface area contributed by atoms with Gasteiger partial charge in [-0.1, -0.05) is 11.3 Å². The minimum atomic E-state index is -0.283. The topological polar surface area (TPSA) is 80.5 Å². The minimum absolute atomic E-state index is 0.283. The number of carbonyl (C=O) groups is 1. The van der Waals surface area contributed by atoms with Gasteiger partial charge in [0.05, 0.1) is 18.9 Å². The van der Waals surface area contributed by atoms with Crippen LogP contribution in [-0.4, -0.2) is 37.2 Å². The number of morpholine rings is 1. The van der Waals surface area contributed by atoms with Gasteiger partial charge in [-0.3, -0.25) is 10.2 Å². The second-order valence-electron chi connectivity index (χ2n) is 3.48. The summed E-state index contributed by atoms with van der Waals surface area (Å²) in [5, 5.41) is 0.861. The van der Waals surface area contributed by atoms with E-state index in [4.69, 9.17) is 10.6 Å². The third kappa shape index (κ3) is 2.16. The van der Waals surface area contributed by atoms with Crippen molar-refractivity contribution in [2.75, 3.05) is 31.2 Å². The molecule has 0 spiro atoms. The second-order valence-corrected chi connectivity index (χ2v) is 4.46. The van der Waals surface area contributed by atoms with Crippen LogP contribution in [0.15, 0.2) is 0 Å². The van der Waals surface area contributed by atoms with E-state index in [2.05, 4.69) is 15.3 Å². The average molecular weight is 242 g/mol. The molecule has 1 amide bonds. The highest BCUT2D eigenvalue weighted by atomic mass is 32.1. The Labute approximate surface area is 97.4 Å². The lowest BCUT2D eigenvalue weighted by Gasteiger charge is -2.25. The van der Waals surface area contributed by atoms with Crippen LogP contribution < -0.4 is 16.2 Å². The molecule has 0 unspecified atom stereocenters. The summed E-state index contributed by atoms with van der Waals surface area (Å²) in [6.45, 7) is 4.85. The average Bonchev–Trinajstić information content (AvgIpc) is 2.71. The fraction of sp³-hybridized carbons (Fsp3) is 0.556. The van der Waals surface area contributed by atoms with Crippen LogP contribution in [0.5, 0.6) is 0 Å². The molecule has 0 aliphatic carbocycles. The summed E-state index contributed by atoms with van der Waals surface area (Å²) < 4.78 is 5.26. The Morgan fingerprint density at radius 3 is 2.88 bits per heavy atom. The van der Waals surface area contributed by atoms with E-state index in [1.807, 2.05) is 6.92 Å². The maximum atomic E-state index is 11.4. The molecule has 1 aromatic rings. The zero-order chi connectivity index (χ0) is 11.5. The van der Waals surface area contributed by atoms with E-state index < -0.39 is 0 Å². The zero-order valence-corrected chi connectivity index (χ0v) is 9.84. The van der Waals surface area contributed by atoms with E-state index in [1.54, 1.807) is 0 Å². The number of hydrogen-bond acceptors (Lipinski definition) is 6. The lowest BCUT2D eigenvalue weighted by molar-refractivity contribution is 0.0957. The summed E-state index contributed by atoms with van der Waals surface area (Å²) in [5.74, 6) is 4.82. The van der Waals surface area contributed by atoms with E-state index in [1.165, 1.54) is 11.3 Å². The van der Waals surface area contributed by atoms with Crippen molar-refractivity contribution >= 4 is 22.4 Å². The first kappa shape index (κ1) is 11.3. The summed E-state index contributed by atoms with van der Waals surface area (Å²) in [7, 11) is 0. The van der Waals surface area contributed by atoms with E-state index in [9.17, 15) is 4.79 Å². The Hall–Kier alpha value is -1.18. The molecule has 6 nitrogen and oxygen atoms in total. The molecular formula is C9H14N4O2S. The molecule has 0 saturated carbocycles. The van der Waals surface area contributed by atoms with Crippen LogP contribution in [0.1, 0.15) is 15.4 Å². The molecule has 0 bridgehead atoms. The first-order valence-corrected chi connectivity index (χ1v) is 5.85. The van der Waals surface area contributed by atoms with Gasteiger partial charge in [0.2, 0.25) is 0 Å². The SMILES string of the molecule is Cc1nc(N2CCOCC2)sc1C(=O)NN. The lowest BCUT2D eigenvalue weighted by atomic mass is 10.4. The number of aromatic nitrogens is 1. The van der Waals surface area contributed by atoms with Crippen LogP contribution in [0, 0.1) is 6.92 Å². The van der Waals surface area contributed by atoms with Gasteiger partial charge in [0.25, 0.3) is 5.91 Å². The summed E-state index contributed by atoms with van der Waals surface area (Å²) >= 11 is 1.37. The van der Waals surface area contributed by atoms with Crippen molar-refractivity contribution in [1.82, 2.24) is 10.4 Å². The number of nitrogens with one attached hydrogen (secondary N) is 1. The molecule has 1 aliphatic rings. The van der Waals surface area contributed by atoms with Crippen molar-refractivity contribution in [2.45, 2.75) is 6.92 Å². The molecule has 88 valence electrons. The van der Waals surface area contributed by atoms with Crippen molar-refractivity contribution in [1.29, 1.82) is 0 Å². The van der Waals surface area contributed by atoms with Crippen molar-refractivity contribution in [3.8, 4) is 0 Å². The summed E-state index contributed by atoms with van der Waals surface area (Å²) in [6.07, 6.45) is 0. The third-order valence-electron chi connectivity index (χ3n) is 2.40. The largest absolute Gasteiger partial charge is 0.378 e. The van der Waals surface area contributed by atoms with Gasteiger partial charge in [-0.15, -0.1) is 0 Å². The molecular weight excluding hydrogens is 228 g/mol. The van der Waals surface area contributed by atoms with Crippen molar-refractivity contribution < 1.29 is 9.53 Å². The van der Waals surface area contributed by atoms with E-state index in [0.29, 0.717) is 18.1 Å². The second kappa shape index (κ2) is 4.77. The smallest absolute Gasteiger partial charge is 0.277 e. The first-order valence-electron chi connectivity index (χ1n) is 5.03. The first-order chi connectivity index (χ1) is 7.72. The molecule has 0 atom stereocenters. The van der Waals surface area contributed by atoms with Gasteiger partial charge < -0.3 is 9.64 Å². The van der Waals surface area contributed by atoms with E-state index in [-0.39, 0.29) is 5.91 Å². The number of hydrazine groups is 1. The molecule has 1 saturated heterocycles. The van der Waals surface area contributed by atoms with Crippen molar-refractivity contribution in [3.05, 3.63) is 10.6 Å². The fourth-order valence-corrected chi connectivity index (χ4v) is 2.57. The van der Waals surface area contributed by atoms with Crippen LogP contribution >= 0.6 is 11.3 Å². The van der Waals surface area contributed by atoms with Crippen LogP contribution in [0.3, 0.4) is 0 Å². The molecule has 0 radical (unpaired) electrons. The highest BCUT2D eigenvalue weighted by Gasteiger charge is 2.19. The zero-order valence-electron chi connectivity index (χ0n) is 9.02. The summed E-state index contributed by atoms with van der Waals surface area (Å²) in [5.41, 5.74) is 2.84. The quantitative estimate of drug-likeness (QED) is 0.430. The number of aryl methyl sites for hydroxylation is 1. The van der Waals surface area contributed by atoms with Gasteiger partial charge in [-0.05, 0) is 6.92 Å². The number of anilines is 1. The van der Waals surface area contributed by atoms with Gasteiger partial charge in [-0.25, -0.2) is 10.8 Å². The number of ether oxygens (including phenoxy) is 1.